The van der Waals surface area contributed by atoms with Gasteiger partial charge in [0.15, 0.2) is 0 Å². The maximum Gasteiger partial charge on any atom is 0.423 e. The van der Waals surface area contributed by atoms with Crippen molar-refractivity contribution in [3.05, 3.63) is 71.3 Å². The Morgan fingerprint density at radius 1 is 0.929 bits per heavy atom. The van der Waals surface area contributed by atoms with Crippen molar-refractivity contribution in [1.29, 1.82) is 0 Å². The molecule has 0 saturated carbocycles. The molecule has 0 aromatic heterocycles. The highest BCUT2D eigenvalue weighted by atomic mass is 32.2. The van der Waals surface area contributed by atoms with Crippen LogP contribution >= 0.6 is 0 Å². The maximum atomic E-state index is 14.2. The second kappa shape index (κ2) is 7.50. The van der Waals surface area contributed by atoms with Gasteiger partial charge in [-0.2, -0.15) is 13.2 Å². The molecule has 0 radical (unpaired) electrons. The molecular formula is C20H24F3NO3S. The van der Waals surface area contributed by atoms with Crippen molar-refractivity contribution >= 4 is 10.0 Å². The number of aliphatic hydroxyl groups is 1. The van der Waals surface area contributed by atoms with Crippen LogP contribution in [0.5, 0.6) is 0 Å². The van der Waals surface area contributed by atoms with Crippen LogP contribution in [0.2, 0.25) is 0 Å². The van der Waals surface area contributed by atoms with E-state index in [1.165, 1.54) is 51.1 Å². The molecule has 2 rings (SSSR count). The van der Waals surface area contributed by atoms with Crippen LogP contribution in [0.3, 0.4) is 0 Å². The summed E-state index contributed by atoms with van der Waals surface area (Å²) >= 11 is 0. The van der Waals surface area contributed by atoms with E-state index in [1.54, 1.807) is 19.1 Å². The van der Waals surface area contributed by atoms with Gasteiger partial charge in [0, 0.05) is 0 Å². The molecule has 28 heavy (non-hydrogen) atoms. The third kappa shape index (κ3) is 4.24. The quantitative estimate of drug-likeness (QED) is 0.769. The standard InChI is InChI=1S/C20H24F3NO3S/c1-14-10-12-15(13-11-14)17(24-28(26,27)18(2,3)4)19(25,20(21,22)23)16-8-6-5-7-9-16/h5-13,17,24-25H,1-4H3/t17-,19+/m0/s1. The van der Waals surface area contributed by atoms with E-state index in [1.807, 2.05) is 0 Å². The van der Waals surface area contributed by atoms with E-state index in [2.05, 4.69) is 4.72 Å². The zero-order chi connectivity index (χ0) is 21.4. The van der Waals surface area contributed by atoms with E-state index in [0.29, 0.717) is 0 Å². The number of halogens is 3. The Kier molecular flexibility index (Phi) is 5.99. The smallest absolute Gasteiger partial charge is 0.375 e. The molecule has 4 nitrogen and oxygen atoms in total. The Labute approximate surface area is 163 Å². The van der Waals surface area contributed by atoms with Crippen LogP contribution in [-0.4, -0.2) is 24.4 Å². The Bertz CT molecular complexity index is 904. The number of benzene rings is 2. The SMILES string of the molecule is Cc1ccc([C@H](NS(=O)(=O)C(C)(C)C)[C@](O)(c2ccccc2)C(F)(F)F)cc1. The summed E-state index contributed by atoms with van der Waals surface area (Å²) in [6.45, 7) is 5.87. The minimum absolute atomic E-state index is 0.00195. The highest BCUT2D eigenvalue weighted by molar-refractivity contribution is 7.90. The van der Waals surface area contributed by atoms with Gasteiger partial charge in [-0.15, -0.1) is 0 Å². The van der Waals surface area contributed by atoms with Gasteiger partial charge in [0.25, 0.3) is 0 Å². The highest BCUT2D eigenvalue weighted by Crippen LogP contribution is 2.48. The van der Waals surface area contributed by atoms with Gasteiger partial charge in [-0.3, -0.25) is 0 Å². The molecule has 2 N–H and O–H groups in total. The first kappa shape index (κ1) is 22.4. The first-order chi connectivity index (χ1) is 12.7. The third-order valence-electron chi connectivity index (χ3n) is 4.55. The number of hydrogen-bond donors (Lipinski definition) is 2. The molecule has 2 aromatic rings. The van der Waals surface area contributed by atoms with Crippen molar-refractivity contribution in [2.75, 3.05) is 0 Å². The fraction of sp³-hybridized carbons (Fsp3) is 0.400. The van der Waals surface area contributed by atoms with E-state index in [0.717, 1.165) is 17.7 Å². The van der Waals surface area contributed by atoms with Gasteiger partial charge in [-0.1, -0.05) is 60.2 Å². The molecule has 0 spiro atoms. The molecule has 0 saturated heterocycles. The van der Waals surface area contributed by atoms with E-state index in [-0.39, 0.29) is 5.56 Å². The van der Waals surface area contributed by atoms with E-state index < -0.39 is 38.2 Å². The number of alkyl halides is 3. The fourth-order valence-corrected chi connectivity index (χ4v) is 3.64. The normalized spacial score (nSPS) is 16.4. The molecule has 2 atom stereocenters. The molecular weight excluding hydrogens is 391 g/mol. The molecule has 154 valence electrons. The van der Waals surface area contributed by atoms with Crippen LogP contribution in [0.15, 0.2) is 54.6 Å². The summed E-state index contributed by atoms with van der Waals surface area (Å²) in [5.74, 6) is 0. The molecule has 2 aromatic carbocycles. The Morgan fingerprint density at radius 3 is 1.86 bits per heavy atom. The van der Waals surface area contributed by atoms with Crippen molar-refractivity contribution in [2.45, 2.75) is 50.3 Å². The molecule has 0 fully saturated rings. The van der Waals surface area contributed by atoms with Crippen molar-refractivity contribution in [3.8, 4) is 0 Å². The summed E-state index contributed by atoms with van der Waals surface area (Å²) in [5.41, 5.74) is -3.13. The van der Waals surface area contributed by atoms with Crippen molar-refractivity contribution in [1.82, 2.24) is 4.72 Å². The van der Waals surface area contributed by atoms with Gasteiger partial charge in [-0.05, 0) is 38.8 Å². The van der Waals surface area contributed by atoms with Crippen molar-refractivity contribution in [3.63, 3.8) is 0 Å². The lowest BCUT2D eigenvalue weighted by atomic mass is 9.82. The van der Waals surface area contributed by atoms with Gasteiger partial charge >= 0.3 is 6.18 Å². The van der Waals surface area contributed by atoms with Gasteiger partial charge in [-0.25, -0.2) is 13.1 Å². The van der Waals surface area contributed by atoms with E-state index in [9.17, 15) is 26.7 Å². The van der Waals surface area contributed by atoms with Crippen LogP contribution < -0.4 is 4.72 Å². The highest BCUT2D eigenvalue weighted by Gasteiger charge is 2.61. The molecule has 0 unspecified atom stereocenters. The van der Waals surface area contributed by atoms with Gasteiger partial charge in [0.05, 0.1) is 10.8 Å². The average molecular weight is 415 g/mol. The van der Waals surface area contributed by atoms with Crippen molar-refractivity contribution in [2.24, 2.45) is 0 Å². The largest absolute Gasteiger partial charge is 0.423 e. The zero-order valence-electron chi connectivity index (χ0n) is 16.1. The lowest BCUT2D eigenvalue weighted by Crippen LogP contribution is -2.55. The molecule has 0 amide bonds. The summed E-state index contributed by atoms with van der Waals surface area (Å²) in [7, 11) is -4.22. The van der Waals surface area contributed by atoms with Crippen LogP contribution in [0.4, 0.5) is 13.2 Å². The fourth-order valence-electron chi connectivity index (χ4n) is 2.67. The van der Waals surface area contributed by atoms with Crippen LogP contribution in [0, 0.1) is 6.92 Å². The van der Waals surface area contributed by atoms with Crippen LogP contribution in [0.1, 0.15) is 43.5 Å². The lowest BCUT2D eigenvalue weighted by Gasteiger charge is -2.39. The Hall–Kier alpha value is -1.90. The lowest BCUT2D eigenvalue weighted by molar-refractivity contribution is -0.277. The van der Waals surface area contributed by atoms with E-state index in [4.69, 9.17) is 0 Å². The molecule has 0 aliphatic rings. The minimum Gasteiger partial charge on any atom is -0.375 e. The molecule has 0 bridgehead atoms. The second-order valence-electron chi connectivity index (χ2n) is 7.71. The number of rotatable bonds is 5. The number of aryl methyl sites for hydroxylation is 1. The minimum atomic E-state index is -5.15. The summed E-state index contributed by atoms with van der Waals surface area (Å²) < 4.78 is 68.8. The number of nitrogens with one attached hydrogen (secondary N) is 1. The van der Waals surface area contributed by atoms with Crippen molar-refractivity contribution < 1.29 is 26.7 Å². The van der Waals surface area contributed by atoms with Gasteiger partial charge < -0.3 is 5.11 Å². The van der Waals surface area contributed by atoms with Gasteiger partial charge in [0.2, 0.25) is 15.6 Å². The zero-order valence-corrected chi connectivity index (χ0v) is 16.9. The van der Waals surface area contributed by atoms with Crippen LogP contribution in [-0.2, 0) is 15.6 Å². The van der Waals surface area contributed by atoms with Gasteiger partial charge in [0.1, 0.15) is 0 Å². The molecule has 0 aliphatic heterocycles. The first-order valence-electron chi connectivity index (χ1n) is 8.63. The number of hydrogen-bond acceptors (Lipinski definition) is 3. The Balaban J connectivity index is 2.76. The monoisotopic (exact) mass is 415 g/mol. The first-order valence-corrected chi connectivity index (χ1v) is 10.1. The number of sulfonamides is 1. The van der Waals surface area contributed by atoms with E-state index >= 15 is 0 Å². The Morgan fingerprint density at radius 2 is 1.43 bits per heavy atom. The second-order valence-corrected chi connectivity index (χ2v) is 10.2. The van der Waals surface area contributed by atoms with Crippen LogP contribution in [0.25, 0.3) is 0 Å². The summed E-state index contributed by atoms with van der Waals surface area (Å²) in [5, 5.41) is 11.0. The predicted octanol–water partition coefficient (Wildman–Crippen LogP) is 4.20. The average Bonchev–Trinajstić information content (AvgIpc) is 2.59. The molecule has 8 heteroatoms. The molecule has 0 heterocycles. The predicted molar refractivity (Wildman–Crippen MR) is 102 cm³/mol. The summed E-state index contributed by atoms with van der Waals surface area (Å²) in [6.07, 6.45) is -5.15. The summed E-state index contributed by atoms with van der Waals surface area (Å²) in [6, 6.07) is 10.4. The third-order valence-corrected chi connectivity index (χ3v) is 6.71. The topological polar surface area (TPSA) is 66.4 Å². The molecule has 0 aliphatic carbocycles. The maximum absolute atomic E-state index is 14.2. The summed E-state index contributed by atoms with van der Waals surface area (Å²) in [4.78, 5) is 0.